The predicted molar refractivity (Wildman–Crippen MR) is 100 cm³/mol. The summed E-state index contributed by atoms with van der Waals surface area (Å²) >= 11 is 0. The molecule has 0 bridgehead atoms. The normalized spacial score (nSPS) is 16.4. The molecule has 1 saturated carbocycles. The number of para-hydroxylation sites is 2. The zero-order chi connectivity index (χ0) is 18.2. The van der Waals surface area contributed by atoms with Gasteiger partial charge in [-0.3, -0.25) is 9.48 Å². The van der Waals surface area contributed by atoms with Gasteiger partial charge in [-0.25, -0.2) is 4.98 Å². The van der Waals surface area contributed by atoms with E-state index in [0.29, 0.717) is 31.9 Å². The average Bonchev–Trinajstić information content (AvgIpc) is 3.29. The third-order valence-electron chi connectivity index (χ3n) is 5.32. The highest BCUT2D eigenvalue weighted by atomic mass is 16.5. The van der Waals surface area contributed by atoms with Crippen LogP contribution in [0, 0.1) is 5.92 Å². The van der Waals surface area contributed by atoms with Gasteiger partial charge in [0.1, 0.15) is 5.82 Å². The molecule has 0 unspecified atom stereocenters. The summed E-state index contributed by atoms with van der Waals surface area (Å²) in [5, 5.41) is 7.63. The van der Waals surface area contributed by atoms with Crippen LogP contribution in [0.25, 0.3) is 11.0 Å². The van der Waals surface area contributed by atoms with Gasteiger partial charge in [-0.1, -0.05) is 12.1 Å². The number of H-pyrrole nitrogens is 1. The Morgan fingerprint density at radius 3 is 3.07 bits per heavy atom. The lowest BCUT2D eigenvalue weighted by atomic mass is 10.1. The summed E-state index contributed by atoms with van der Waals surface area (Å²) in [7, 11) is 0. The van der Waals surface area contributed by atoms with Crippen molar-refractivity contribution in [2.24, 2.45) is 5.92 Å². The smallest absolute Gasteiger partial charge is 0.272 e. The molecule has 1 aliphatic heterocycles. The molecule has 1 aromatic carbocycles. The Balaban J connectivity index is 1.27. The summed E-state index contributed by atoms with van der Waals surface area (Å²) in [5.41, 5.74) is 4.63. The molecule has 0 saturated heterocycles. The van der Waals surface area contributed by atoms with Gasteiger partial charge in [0.25, 0.3) is 5.91 Å². The Hall–Kier alpha value is -2.67. The topological polar surface area (TPSA) is 84.8 Å². The molecular formula is C20H23N5O2. The molecule has 7 nitrogen and oxygen atoms in total. The van der Waals surface area contributed by atoms with Crippen LogP contribution in [0.5, 0.6) is 0 Å². The minimum absolute atomic E-state index is 0.123. The van der Waals surface area contributed by atoms with Crippen molar-refractivity contribution in [1.82, 2.24) is 25.1 Å². The first-order chi connectivity index (χ1) is 13.3. The molecule has 2 aromatic heterocycles. The number of imidazole rings is 1. The molecule has 0 spiro atoms. The molecule has 5 rings (SSSR count). The number of carbonyl (C=O) groups is 1. The highest BCUT2D eigenvalue weighted by molar-refractivity contribution is 5.94. The number of aromatic nitrogens is 4. The van der Waals surface area contributed by atoms with Gasteiger partial charge in [-0.15, -0.1) is 0 Å². The zero-order valence-electron chi connectivity index (χ0n) is 15.2. The molecule has 1 aliphatic carbocycles. The van der Waals surface area contributed by atoms with Crippen molar-refractivity contribution in [3.8, 4) is 0 Å². The molecule has 2 N–H and O–H groups in total. The maximum atomic E-state index is 12.7. The SMILES string of the molecule is O=C(NCCc1nc2ccccc2[nH]1)c1nn(CC2CC2)c2c1COCC2. The van der Waals surface area contributed by atoms with Crippen LogP contribution in [0.4, 0.5) is 0 Å². The Morgan fingerprint density at radius 2 is 2.22 bits per heavy atom. The number of aromatic amines is 1. The van der Waals surface area contributed by atoms with E-state index in [4.69, 9.17) is 4.74 Å². The van der Waals surface area contributed by atoms with E-state index in [1.807, 2.05) is 28.9 Å². The maximum absolute atomic E-state index is 12.7. The Kier molecular flexibility index (Phi) is 4.16. The summed E-state index contributed by atoms with van der Waals surface area (Å²) in [5.74, 6) is 1.48. The molecule has 0 atom stereocenters. The van der Waals surface area contributed by atoms with Crippen LogP contribution >= 0.6 is 0 Å². The van der Waals surface area contributed by atoms with Crippen LogP contribution in [-0.4, -0.2) is 38.8 Å². The number of benzene rings is 1. The average molecular weight is 365 g/mol. The van der Waals surface area contributed by atoms with Gasteiger partial charge in [-0.05, 0) is 30.9 Å². The molecule has 7 heteroatoms. The summed E-state index contributed by atoms with van der Waals surface area (Å²) in [4.78, 5) is 20.6. The molecule has 0 radical (unpaired) electrons. The van der Waals surface area contributed by atoms with Gasteiger partial charge in [0.05, 0.1) is 24.2 Å². The fourth-order valence-electron chi connectivity index (χ4n) is 3.69. The van der Waals surface area contributed by atoms with Gasteiger partial charge in [0.15, 0.2) is 5.69 Å². The van der Waals surface area contributed by atoms with E-state index < -0.39 is 0 Å². The standard InChI is InChI=1S/C20H23N5O2/c26-20(21-9-7-18-22-15-3-1-2-4-16(15)23-18)19-14-12-27-10-8-17(14)25(24-19)11-13-5-6-13/h1-4,13H,5-12H2,(H,21,26)(H,22,23). The fourth-order valence-corrected chi connectivity index (χ4v) is 3.69. The maximum Gasteiger partial charge on any atom is 0.272 e. The summed E-state index contributed by atoms with van der Waals surface area (Å²) in [6.45, 7) is 2.63. The second-order valence-corrected chi connectivity index (χ2v) is 7.41. The zero-order valence-corrected chi connectivity index (χ0v) is 15.2. The van der Waals surface area contributed by atoms with Crippen molar-refractivity contribution in [2.45, 2.75) is 38.8 Å². The second kappa shape index (κ2) is 6.81. The van der Waals surface area contributed by atoms with Crippen LogP contribution in [0.1, 0.15) is 40.4 Å². The number of rotatable bonds is 6. The third kappa shape index (κ3) is 3.35. The number of ether oxygens (including phenoxy) is 1. The lowest BCUT2D eigenvalue weighted by Crippen LogP contribution is -2.27. The molecule has 140 valence electrons. The van der Waals surface area contributed by atoms with E-state index in [1.54, 1.807) is 0 Å². The van der Waals surface area contributed by atoms with E-state index in [-0.39, 0.29) is 5.91 Å². The molecule has 27 heavy (non-hydrogen) atoms. The molecule has 1 amide bonds. The minimum atomic E-state index is -0.123. The van der Waals surface area contributed by atoms with Gasteiger partial charge in [0, 0.05) is 37.2 Å². The van der Waals surface area contributed by atoms with Crippen molar-refractivity contribution in [2.75, 3.05) is 13.2 Å². The first kappa shape index (κ1) is 16.5. The van der Waals surface area contributed by atoms with Crippen LogP contribution in [-0.2, 0) is 30.7 Å². The van der Waals surface area contributed by atoms with E-state index >= 15 is 0 Å². The van der Waals surface area contributed by atoms with Crippen molar-refractivity contribution in [3.05, 3.63) is 47.0 Å². The first-order valence-electron chi connectivity index (χ1n) is 9.66. The number of hydrogen-bond acceptors (Lipinski definition) is 4. The quantitative estimate of drug-likeness (QED) is 0.701. The fraction of sp³-hybridized carbons (Fsp3) is 0.450. The highest BCUT2D eigenvalue weighted by Gasteiger charge is 2.29. The van der Waals surface area contributed by atoms with E-state index in [0.717, 1.165) is 41.3 Å². The third-order valence-corrected chi connectivity index (χ3v) is 5.32. The molecular weight excluding hydrogens is 342 g/mol. The Labute approximate surface area is 157 Å². The minimum Gasteiger partial charge on any atom is -0.376 e. The number of nitrogens with zero attached hydrogens (tertiary/aromatic N) is 3. The largest absolute Gasteiger partial charge is 0.376 e. The molecule has 3 aromatic rings. The Morgan fingerprint density at radius 1 is 1.33 bits per heavy atom. The number of fused-ring (bicyclic) bond motifs is 2. The number of amides is 1. The van der Waals surface area contributed by atoms with Crippen molar-refractivity contribution < 1.29 is 9.53 Å². The van der Waals surface area contributed by atoms with Crippen molar-refractivity contribution in [3.63, 3.8) is 0 Å². The first-order valence-corrected chi connectivity index (χ1v) is 9.66. The van der Waals surface area contributed by atoms with Crippen LogP contribution in [0.3, 0.4) is 0 Å². The van der Waals surface area contributed by atoms with Gasteiger partial charge in [0.2, 0.25) is 0 Å². The monoisotopic (exact) mass is 365 g/mol. The second-order valence-electron chi connectivity index (χ2n) is 7.41. The van der Waals surface area contributed by atoms with E-state index in [9.17, 15) is 4.79 Å². The number of hydrogen-bond donors (Lipinski definition) is 2. The summed E-state index contributed by atoms with van der Waals surface area (Å²) in [6.07, 6.45) is 4.03. The molecule has 1 fully saturated rings. The van der Waals surface area contributed by atoms with Crippen LogP contribution in [0.2, 0.25) is 0 Å². The summed E-state index contributed by atoms with van der Waals surface area (Å²) < 4.78 is 7.63. The predicted octanol–water partition coefficient (Wildman–Crippen LogP) is 2.21. The summed E-state index contributed by atoms with van der Waals surface area (Å²) in [6, 6.07) is 7.93. The number of carbonyl (C=O) groups excluding carboxylic acids is 1. The Bertz CT molecular complexity index is 953. The molecule has 2 aliphatic rings. The van der Waals surface area contributed by atoms with Gasteiger partial charge < -0.3 is 15.0 Å². The van der Waals surface area contributed by atoms with Gasteiger partial charge >= 0.3 is 0 Å². The van der Waals surface area contributed by atoms with E-state index in [1.165, 1.54) is 18.5 Å². The molecule has 3 heterocycles. The van der Waals surface area contributed by atoms with Crippen LogP contribution < -0.4 is 5.32 Å². The lowest BCUT2D eigenvalue weighted by Gasteiger charge is -2.14. The lowest BCUT2D eigenvalue weighted by molar-refractivity contribution is 0.0925. The van der Waals surface area contributed by atoms with Crippen molar-refractivity contribution in [1.29, 1.82) is 0 Å². The van der Waals surface area contributed by atoms with Crippen LogP contribution in [0.15, 0.2) is 24.3 Å². The number of nitrogens with one attached hydrogen (secondary N) is 2. The van der Waals surface area contributed by atoms with E-state index in [2.05, 4.69) is 20.4 Å². The highest BCUT2D eigenvalue weighted by Crippen LogP contribution is 2.32. The van der Waals surface area contributed by atoms with Crippen molar-refractivity contribution >= 4 is 16.9 Å². The van der Waals surface area contributed by atoms with Gasteiger partial charge in [-0.2, -0.15) is 5.10 Å².